The second-order valence-electron chi connectivity index (χ2n) is 7.34. The van der Waals surface area contributed by atoms with Crippen LogP contribution in [0.1, 0.15) is 54.7 Å². The third kappa shape index (κ3) is 4.08. The molecule has 0 aliphatic carbocycles. The van der Waals surface area contributed by atoms with Crippen LogP contribution in [0.3, 0.4) is 0 Å². The molecule has 0 saturated carbocycles. The molecule has 140 valence electrons. The normalized spacial score (nSPS) is 25.2. The summed E-state index contributed by atoms with van der Waals surface area (Å²) in [6.45, 7) is 2.19. The maximum atomic E-state index is 12.2. The SMILES string of the molecule is O=C(O)C(CO)(c1ccc(CC2CCCCCN2)s1)N1CCCCC1. The summed E-state index contributed by atoms with van der Waals surface area (Å²) in [5, 5.41) is 23.7. The summed E-state index contributed by atoms with van der Waals surface area (Å²) < 4.78 is 0. The van der Waals surface area contributed by atoms with Crippen LogP contribution in [0.25, 0.3) is 0 Å². The van der Waals surface area contributed by atoms with E-state index < -0.39 is 11.5 Å². The number of rotatable bonds is 6. The highest BCUT2D eigenvalue weighted by molar-refractivity contribution is 7.12. The molecule has 2 saturated heterocycles. The number of hydrogen-bond donors (Lipinski definition) is 3. The average molecular weight is 367 g/mol. The van der Waals surface area contributed by atoms with E-state index in [1.54, 1.807) is 11.3 Å². The van der Waals surface area contributed by atoms with Crippen LogP contribution in [0.15, 0.2) is 12.1 Å². The monoisotopic (exact) mass is 366 g/mol. The number of aliphatic carboxylic acids is 1. The molecule has 25 heavy (non-hydrogen) atoms. The van der Waals surface area contributed by atoms with Crippen molar-refractivity contribution >= 4 is 17.3 Å². The topological polar surface area (TPSA) is 72.8 Å². The summed E-state index contributed by atoms with van der Waals surface area (Å²) in [5.74, 6) is -0.933. The fourth-order valence-corrected chi connectivity index (χ4v) is 5.43. The molecule has 2 aliphatic rings. The summed E-state index contributed by atoms with van der Waals surface area (Å²) in [6.07, 6.45) is 9.07. The van der Waals surface area contributed by atoms with Gasteiger partial charge in [0.25, 0.3) is 0 Å². The van der Waals surface area contributed by atoms with Gasteiger partial charge >= 0.3 is 5.97 Å². The number of nitrogens with zero attached hydrogens (tertiary/aromatic N) is 1. The van der Waals surface area contributed by atoms with Crippen molar-refractivity contribution in [2.45, 2.75) is 62.9 Å². The molecule has 0 radical (unpaired) electrons. The van der Waals surface area contributed by atoms with E-state index in [1.807, 2.05) is 11.0 Å². The minimum absolute atomic E-state index is 0.371. The lowest BCUT2D eigenvalue weighted by molar-refractivity contribution is -0.156. The van der Waals surface area contributed by atoms with Gasteiger partial charge in [0.1, 0.15) is 0 Å². The summed E-state index contributed by atoms with van der Waals surface area (Å²) in [7, 11) is 0. The molecule has 2 atom stereocenters. The number of carboxylic acid groups (broad SMARTS) is 1. The van der Waals surface area contributed by atoms with Gasteiger partial charge in [-0.1, -0.05) is 19.3 Å². The summed E-state index contributed by atoms with van der Waals surface area (Å²) in [5.41, 5.74) is -1.28. The summed E-state index contributed by atoms with van der Waals surface area (Å²) >= 11 is 1.56. The van der Waals surface area contributed by atoms with Gasteiger partial charge < -0.3 is 15.5 Å². The molecule has 6 heteroatoms. The molecule has 3 rings (SSSR count). The van der Waals surface area contributed by atoms with Crippen molar-refractivity contribution in [1.29, 1.82) is 0 Å². The Kier molecular flexibility index (Phi) is 6.49. The molecular weight excluding hydrogens is 336 g/mol. The maximum absolute atomic E-state index is 12.2. The molecule has 1 aromatic heterocycles. The van der Waals surface area contributed by atoms with Gasteiger partial charge in [0, 0.05) is 15.8 Å². The molecule has 2 aliphatic heterocycles. The third-order valence-corrected chi connectivity index (χ3v) is 6.92. The molecule has 0 aromatic carbocycles. The Morgan fingerprint density at radius 1 is 1.20 bits per heavy atom. The molecule has 2 fully saturated rings. The number of aliphatic hydroxyl groups is 1. The number of likely N-dealkylation sites (tertiary alicyclic amines) is 1. The van der Waals surface area contributed by atoms with Crippen LogP contribution in [-0.2, 0) is 16.8 Å². The van der Waals surface area contributed by atoms with Gasteiger partial charge in [-0.2, -0.15) is 0 Å². The van der Waals surface area contributed by atoms with E-state index >= 15 is 0 Å². The van der Waals surface area contributed by atoms with E-state index in [0.29, 0.717) is 6.04 Å². The number of carbonyl (C=O) groups is 1. The predicted molar refractivity (Wildman–Crippen MR) is 100 cm³/mol. The largest absolute Gasteiger partial charge is 0.480 e. The van der Waals surface area contributed by atoms with Gasteiger partial charge in [-0.05, 0) is 63.9 Å². The van der Waals surface area contributed by atoms with Crippen molar-refractivity contribution < 1.29 is 15.0 Å². The van der Waals surface area contributed by atoms with Gasteiger partial charge in [-0.25, -0.2) is 4.79 Å². The highest BCUT2D eigenvalue weighted by Crippen LogP contribution is 2.36. The molecule has 3 heterocycles. The zero-order chi connectivity index (χ0) is 17.7. The van der Waals surface area contributed by atoms with Crippen LogP contribution in [0.2, 0.25) is 0 Å². The molecule has 0 amide bonds. The number of hydrogen-bond acceptors (Lipinski definition) is 5. The van der Waals surface area contributed by atoms with Crippen molar-refractivity contribution in [2.24, 2.45) is 0 Å². The molecule has 2 unspecified atom stereocenters. The lowest BCUT2D eigenvalue weighted by Crippen LogP contribution is -2.55. The fourth-order valence-electron chi connectivity index (χ4n) is 4.15. The second kappa shape index (κ2) is 8.62. The number of piperidine rings is 1. The van der Waals surface area contributed by atoms with Crippen molar-refractivity contribution in [3.8, 4) is 0 Å². The Bertz CT molecular complexity index is 563. The van der Waals surface area contributed by atoms with E-state index in [1.165, 1.54) is 30.6 Å². The minimum atomic E-state index is -1.28. The molecule has 0 spiro atoms. The number of carboxylic acids is 1. The first-order valence-corrected chi connectivity index (χ1v) is 10.4. The van der Waals surface area contributed by atoms with Gasteiger partial charge in [-0.3, -0.25) is 4.90 Å². The molecular formula is C19H30N2O3S. The summed E-state index contributed by atoms with van der Waals surface area (Å²) in [4.78, 5) is 16.1. The Morgan fingerprint density at radius 2 is 1.96 bits per heavy atom. The van der Waals surface area contributed by atoms with Crippen LogP contribution in [0, 0.1) is 0 Å². The second-order valence-corrected chi connectivity index (χ2v) is 8.51. The highest BCUT2D eigenvalue weighted by Gasteiger charge is 2.47. The minimum Gasteiger partial charge on any atom is -0.480 e. The Morgan fingerprint density at radius 3 is 2.68 bits per heavy atom. The van der Waals surface area contributed by atoms with E-state index in [4.69, 9.17) is 0 Å². The molecule has 3 N–H and O–H groups in total. The first-order chi connectivity index (χ1) is 12.2. The standard InChI is InChI=1S/C19H30N2O3S/c22-14-19(18(23)24,21-11-5-2-6-12-21)17-9-8-16(25-17)13-15-7-3-1-4-10-20-15/h8-9,15,20,22H,1-7,10-14H2,(H,23,24). The zero-order valence-electron chi connectivity index (χ0n) is 14.9. The first-order valence-electron chi connectivity index (χ1n) is 9.58. The van der Waals surface area contributed by atoms with E-state index in [-0.39, 0.29) is 6.61 Å². The molecule has 0 bridgehead atoms. The average Bonchev–Trinajstić information content (AvgIpc) is 2.92. The van der Waals surface area contributed by atoms with Crippen molar-refractivity contribution in [2.75, 3.05) is 26.2 Å². The smallest absolute Gasteiger partial charge is 0.332 e. The van der Waals surface area contributed by atoms with E-state index in [2.05, 4.69) is 11.4 Å². The number of nitrogens with one attached hydrogen (secondary N) is 1. The lowest BCUT2D eigenvalue weighted by Gasteiger charge is -2.40. The van der Waals surface area contributed by atoms with Crippen molar-refractivity contribution in [3.63, 3.8) is 0 Å². The Hall–Kier alpha value is -0.950. The number of aliphatic hydroxyl groups excluding tert-OH is 1. The van der Waals surface area contributed by atoms with E-state index in [9.17, 15) is 15.0 Å². The Labute approximate surface area is 154 Å². The predicted octanol–water partition coefficient (Wildman–Crippen LogP) is 2.58. The summed E-state index contributed by atoms with van der Waals surface area (Å²) in [6, 6.07) is 4.47. The molecule has 1 aromatic rings. The Balaban J connectivity index is 1.79. The van der Waals surface area contributed by atoms with Gasteiger partial charge in [0.2, 0.25) is 0 Å². The van der Waals surface area contributed by atoms with Gasteiger partial charge in [-0.15, -0.1) is 11.3 Å². The first kappa shape index (κ1) is 18.8. The van der Waals surface area contributed by atoms with E-state index in [0.717, 1.165) is 50.2 Å². The van der Waals surface area contributed by atoms with Crippen LogP contribution in [0.4, 0.5) is 0 Å². The van der Waals surface area contributed by atoms with Crippen LogP contribution in [0.5, 0.6) is 0 Å². The van der Waals surface area contributed by atoms with Crippen molar-refractivity contribution in [3.05, 3.63) is 21.9 Å². The number of thiophene rings is 1. The highest BCUT2D eigenvalue weighted by atomic mass is 32.1. The van der Waals surface area contributed by atoms with Crippen LogP contribution >= 0.6 is 11.3 Å². The van der Waals surface area contributed by atoms with Crippen molar-refractivity contribution in [1.82, 2.24) is 10.2 Å². The van der Waals surface area contributed by atoms with Gasteiger partial charge in [0.15, 0.2) is 5.54 Å². The third-order valence-electron chi connectivity index (χ3n) is 5.66. The molecule has 5 nitrogen and oxygen atoms in total. The van der Waals surface area contributed by atoms with Gasteiger partial charge in [0.05, 0.1) is 6.61 Å². The maximum Gasteiger partial charge on any atom is 0.332 e. The van der Waals surface area contributed by atoms with Crippen LogP contribution < -0.4 is 5.32 Å². The quantitative estimate of drug-likeness (QED) is 0.722. The fraction of sp³-hybridized carbons (Fsp3) is 0.737. The van der Waals surface area contributed by atoms with Crippen LogP contribution in [-0.4, -0.2) is 53.4 Å². The zero-order valence-corrected chi connectivity index (χ0v) is 15.7. The lowest BCUT2D eigenvalue weighted by atomic mass is 9.93.